The first-order valence-corrected chi connectivity index (χ1v) is 11.9. The van der Waals surface area contributed by atoms with Gasteiger partial charge in [-0.2, -0.15) is 0 Å². The minimum absolute atomic E-state index is 0.0852. The summed E-state index contributed by atoms with van der Waals surface area (Å²) in [5.74, 6) is -0.895. The van der Waals surface area contributed by atoms with Gasteiger partial charge in [0.2, 0.25) is 11.8 Å². The topological polar surface area (TPSA) is 108 Å². The fourth-order valence-corrected chi connectivity index (χ4v) is 3.56. The normalized spacial score (nSPS) is 12.9. The number of aliphatic hydroxyl groups is 1. The Bertz CT molecular complexity index is 971. The second kappa shape index (κ2) is 12.9. The van der Waals surface area contributed by atoms with E-state index in [2.05, 4.69) is 10.6 Å². The molecule has 0 spiro atoms. The molecule has 190 valence electrons. The third-order valence-electron chi connectivity index (χ3n) is 5.30. The number of carbonyl (C=O) groups is 3. The molecule has 3 amide bonds. The van der Waals surface area contributed by atoms with Crippen molar-refractivity contribution in [3.05, 3.63) is 71.3 Å². The number of alkyl carbamates (subject to hydrolysis) is 1. The van der Waals surface area contributed by atoms with Crippen LogP contribution < -0.4 is 10.6 Å². The van der Waals surface area contributed by atoms with Crippen LogP contribution in [0, 0.1) is 0 Å². The second-order valence-electron chi connectivity index (χ2n) is 9.32. The molecule has 2 rings (SSSR count). The lowest BCUT2D eigenvalue weighted by molar-refractivity contribution is -0.142. The quantitative estimate of drug-likeness (QED) is 0.480. The maximum absolute atomic E-state index is 13.4. The smallest absolute Gasteiger partial charge is 0.408 e. The van der Waals surface area contributed by atoms with Crippen molar-refractivity contribution >= 4 is 17.9 Å². The van der Waals surface area contributed by atoms with E-state index in [1.807, 2.05) is 61.5 Å². The lowest BCUT2D eigenvalue weighted by Gasteiger charge is -2.33. The van der Waals surface area contributed by atoms with Gasteiger partial charge in [0.25, 0.3) is 0 Å². The Kier molecular flexibility index (Phi) is 10.3. The Morgan fingerprint density at radius 3 is 2.17 bits per heavy atom. The number of aryl methyl sites for hydroxylation is 1. The minimum Gasteiger partial charge on any atom is -0.444 e. The summed E-state index contributed by atoms with van der Waals surface area (Å²) in [5.41, 5.74) is 1.90. The molecule has 0 bridgehead atoms. The zero-order valence-corrected chi connectivity index (χ0v) is 21.2. The highest BCUT2D eigenvalue weighted by Crippen LogP contribution is 2.23. The molecular weight excluding hydrogens is 446 g/mol. The van der Waals surface area contributed by atoms with E-state index in [1.165, 1.54) is 11.8 Å². The summed E-state index contributed by atoms with van der Waals surface area (Å²) in [4.78, 5) is 40.4. The first-order chi connectivity index (χ1) is 16.6. The summed E-state index contributed by atoms with van der Waals surface area (Å²) >= 11 is 0. The number of rotatable bonds is 10. The largest absolute Gasteiger partial charge is 0.444 e. The molecular formula is C27H37N3O5. The van der Waals surface area contributed by atoms with Gasteiger partial charge in [-0.05, 0) is 50.8 Å². The fourth-order valence-electron chi connectivity index (χ4n) is 3.56. The molecule has 0 fully saturated rings. The molecule has 0 aromatic heterocycles. The van der Waals surface area contributed by atoms with E-state index >= 15 is 0 Å². The van der Waals surface area contributed by atoms with Crippen LogP contribution in [0.5, 0.6) is 0 Å². The van der Waals surface area contributed by atoms with Crippen molar-refractivity contribution in [1.82, 2.24) is 15.5 Å². The molecule has 0 aliphatic rings. The molecule has 2 atom stereocenters. The van der Waals surface area contributed by atoms with Crippen LogP contribution in [0.2, 0.25) is 0 Å². The van der Waals surface area contributed by atoms with Crippen molar-refractivity contribution in [1.29, 1.82) is 0 Å². The Labute approximate surface area is 207 Å². The number of nitrogens with one attached hydrogen (secondary N) is 2. The van der Waals surface area contributed by atoms with Gasteiger partial charge in [-0.25, -0.2) is 4.79 Å². The van der Waals surface area contributed by atoms with Crippen LogP contribution in [-0.2, 0) is 27.3 Å². The molecule has 8 nitrogen and oxygen atoms in total. The summed E-state index contributed by atoms with van der Waals surface area (Å²) in [5, 5.41) is 15.2. The van der Waals surface area contributed by atoms with Crippen molar-refractivity contribution in [2.45, 2.75) is 65.3 Å². The zero-order chi connectivity index (χ0) is 26.0. The second-order valence-corrected chi connectivity index (χ2v) is 9.32. The number of carbonyl (C=O) groups excluding carboxylic acids is 3. The standard InChI is InChI=1S/C27H37N3O5/c1-6-20-12-14-22(15-13-20)23(24(32)28-18-21-10-8-7-9-11-21)30(16-17-31)25(33)19(2)29-26(34)35-27(3,4)5/h7-15,19,23,31H,6,16-18H2,1-5H3,(H,28,32)(H,29,34). The maximum atomic E-state index is 13.4. The summed E-state index contributed by atoms with van der Waals surface area (Å²) in [6.07, 6.45) is 0.0982. The average Bonchev–Trinajstić information content (AvgIpc) is 2.81. The Morgan fingerprint density at radius 2 is 1.63 bits per heavy atom. The van der Waals surface area contributed by atoms with Gasteiger partial charge < -0.3 is 25.4 Å². The molecule has 0 aliphatic heterocycles. The highest BCUT2D eigenvalue weighted by molar-refractivity contribution is 5.92. The highest BCUT2D eigenvalue weighted by Gasteiger charge is 2.34. The SMILES string of the molecule is CCc1ccc(C(C(=O)NCc2ccccc2)N(CCO)C(=O)C(C)NC(=O)OC(C)(C)C)cc1. The van der Waals surface area contributed by atoms with E-state index < -0.39 is 29.7 Å². The lowest BCUT2D eigenvalue weighted by Crippen LogP contribution is -2.52. The molecule has 0 heterocycles. The Morgan fingerprint density at radius 1 is 1.00 bits per heavy atom. The van der Waals surface area contributed by atoms with Crippen LogP contribution in [-0.4, -0.2) is 52.7 Å². The van der Waals surface area contributed by atoms with Crippen molar-refractivity contribution in [3.8, 4) is 0 Å². The van der Waals surface area contributed by atoms with Gasteiger partial charge in [0.1, 0.15) is 17.7 Å². The van der Waals surface area contributed by atoms with Crippen LogP contribution in [0.25, 0.3) is 0 Å². The predicted octanol–water partition coefficient (Wildman–Crippen LogP) is 3.34. The van der Waals surface area contributed by atoms with Gasteiger partial charge in [-0.1, -0.05) is 61.5 Å². The number of nitrogens with zero attached hydrogens (tertiary/aromatic N) is 1. The summed E-state index contributed by atoms with van der Waals surface area (Å²) in [6.45, 7) is 8.59. The molecule has 2 unspecified atom stereocenters. The predicted molar refractivity (Wildman–Crippen MR) is 134 cm³/mol. The van der Waals surface area contributed by atoms with E-state index in [1.54, 1.807) is 20.8 Å². The van der Waals surface area contributed by atoms with Gasteiger partial charge in [-0.3, -0.25) is 9.59 Å². The molecule has 8 heteroatoms. The monoisotopic (exact) mass is 483 g/mol. The third-order valence-corrected chi connectivity index (χ3v) is 5.30. The van der Waals surface area contributed by atoms with Crippen LogP contribution in [0.4, 0.5) is 4.79 Å². The van der Waals surface area contributed by atoms with E-state index in [9.17, 15) is 19.5 Å². The van der Waals surface area contributed by atoms with Gasteiger partial charge in [0, 0.05) is 13.1 Å². The Balaban J connectivity index is 2.31. The van der Waals surface area contributed by atoms with Crippen LogP contribution >= 0.6 is 0 Å². The summed E-state index contributed by atoms with van der Waals surface area (Å²) in [7, 11) is 0. The number of aliphatic hydroxyl groups excluding tert-OH is 1. The summed E-state index contributed by atoms with van der Waals surface area (Å²) < 4.78 is 5.25. The van der Waals surface area contributed by atoms with E-state index in [0.717, 1.165) is 17.5 Å². The van der Waals surface area contributed by atoms with Crippen LogP contribution in [0.15, 0.2) is 54.6 Å². The van der Waals surface area contributed by atoms with E-state index in [-0.39, 0.29) is 25.6 Å². The van der Waals surface area contributed by atoms with E-state index in [0.29, 0.717) is 5.56 Å². The number of hydrogen-bond donors (Lipinski definition) is 3. The number of hydrogen-bond acceptors (Lipinski definition) is 5. The molecule has 0 saturated carbocycles. The van der Waals surface area contributed by atoms with Gasteiger partial charge in [0.05, 0.1) is 6.61 Å². The minimum atomic E-state index is -0.993. The third kappa shape index (κ3) is 8.72. The molecule has 0 saturated heterocycles. The van der Waals surface area contributed by atoms with Gasteiger partial charge >= 0.3 is 6.09 Å². The van der Waals surface area contributed by atoms with Gasteiger partial charge in [0.15, 0.2) is 0 Å². The fraction of sp³-hybridized carbons (Fsp3) is 0.444. The lowest BCUT2D eigenvalue weighted by atomic mass is 10.0. The van der Waals surface area contributed by atoms with Crippen molar-refractivity contribution in [2.24, 2.45) is 0 Å². The number of ether oxygens (including phenoxy) is 1. The average molecular weight is 484 g/mol. The van der Waals surface area contributed by atoms with Crippen molar-refractivity contribution < 1.29 is 24.2 Å². The summed E-state index contributed by atoms with van der Waals surface area (Å²) in [6, 6.07) is 14.9. The van der Waals surface area contributed by atoms with Crippen LogP contribution in [0.1, 0.15) is 57.4 Å². The van der Waals surface area contributed by atoms with Gasteiger partial charge in [-0.15, -0.1) is 0 Å². The zero-order valence-electron chi connectivity index (χ0n) is 21.2. The number of benzene rings is 2. The van der Waals surface area contributed by atoms with Crippen LogP contribution in [0.3, 0.4) is 0 Å². The first-order valence-electron chi connectivity index (χ1n) is 11.9. The molecule has 3 N–H and O–H groups in total. The molecule has 0 aliphatic carbocycles. The molecule has 2 aromatic rings. The Hall–Kier alpha value is -3.39. The van der Waals surface area contributed by atoms with Crippen molar-refractivity contribution in [2.75, 3.05) is 13.2 Å². The first kappa shape index (κ1) is 27.9. The molecule has 0 radical (unpaired) electrons. The molecule has 35 heavy (non-hydrogen) atoms. The highest BCUT2D eigenvalue weighted by atomic mass is 16.6. The maximum Gasteiger partial charge on any atom is 0.408 e. The van der Waals surface area contributed by atoms with E-state index in [4.69, 9.17) is 4.74 Å². The number of amides is 3. The van der Waals surface area contributed by atoms with Crippen molar-refractivity contribution in [3.63, 3.8) is 0 Å². The molecule has 2 aromatic carbocycles.